The van der Waals surface area contributed by atoms with Gasteiger partial charge in [-0.05, 0) is 26.2 Å². The van der Waals surface area contributed by atoms with Crippen LogP contribution < -0.4 is 5.32 Å². The molecule has 0 aromatic carbocycles. The Morgan fingerprint density at radius 3 is 2.90 bits per heavy atom. The van der Waals surface area contributed by atoms with Gasteiger partial charge >= 0.3 is 0 Å². The van der Waals surface area contributed by atoms with Gasteiger partial charge in [-0.3, -0.25) is 4.79 Å². The molecule has 1 fully saturated rings. The molecule has 0 spiro atoms. The van der Waals surface area contributed by atoms with Gasteiger partial charge in [0, 0.05) is 19.1 Å². The van der Waals surface area contributed by atoms with Crippen LogP contribution in [0.5, 0.6) is 0 Å². The van der Waals surface area contributed by atoms with Gasteiger partial charge in [-0.15, -0.1) is 0 Å². The summed E-state index contributed by atoms with van der Waals surface area (Å²) in [6, 6.07) is -0.0162. The van der Waals surface area contributed by atoms with Gasteiger partial charge < -0.3 is 10.3 Å². The van der Waals surface area contributed by atoms with Crippen molar-refractivity contribution in [2.24, 2.45) is 0 Å². The van der Waals surface area contributed by atoms with Crippen molar-refractivity contribution in [1.82, 2.24) is 19.6 Å². The van der Waals surface area contributed by atoms with Crippen LogP contribution in [-0.4, -0.2) is 54.0 Å². The van der Waals surface area contributed by atoms with E-state index < -0.39 is 10.0 Å². The Labute approximate surface area is 125 Å². The summed E-state index contributed by atoms with van der Waals surface area (Å²) in [5, 5.41) is 2.80. The van der Waals surface area contributed by atoms with Gasteiger partial charge in [-0.1, -0.05) is 6.42 Å². The number of hydrogen-bond donors (Lipinski definition) is 2. The number of aromatic nitrogens is 2. The van der Waals surface area contributed by atoms with Gasteiger partial charge in [-0.2, -0.15) is 4.31 Å². The van der Waals surface area contributed by atoms with Gasteiger partial charge in [0.05, 0.1) is 12.5 Å². The maximum absolute atomic E-state index is 11.9. The van der Waals surface area contributed by atoms with Crippen molar-refractivity contribution < 1.29 is 13.2 Å². The molecule has 0 aliphatic carbocycles. The fraction of sp³-hybridized carbons (Fsp3) is 0.692. The van der Waals surface area contributed by atoms with E-state index in [2.05, 4.69) is 15.3 Å². The molecule has 1 aliphatic rings. The van der Waals surface area contributed by atoms with E-state index in [0.717, 1.165) is 19.3 Å². The molecule has 7 nitrogen and oxygen atoms in total. The molecule has 0 radical (unpaired) electrons. The van der Waals surface area contributed by atoms with E-state index in [-0.39, 0.29) is 11.9 Å². The molecule has 21 heavy (non-hydrogen) atoms. The summed E-state index contributed by atoms with van der Waals surface area (Å²) in [5.74, 6) is 0.480. The number of rotatable bonds is 5. The zero-order chi connectivity index (χ0) is 15.5. The van der Waals surface area contributed by atoms with Crippen molar-refractivity contribution in [3.05, 3.63) is 17.7 Å². The summed E-state index contributed by atoms with van der Waals surface area (Å²) < 4.78 is 25.0. The highest BCUT2D eigenvalue weighted by Gasteiger charge is 2.28. The van der Waals surface area contributed by atoms with Crippen LogP contribution in [0.15, 0.2) is 6.20 Å². The van der Waals surface area contributed by atoms with Crippen LogP contribution in [0.4, 0.5) is 0 Å². The van der Waals surface area contributed by atoms with Crippen LogP contribution in [0.25, 0.3) is 0 Å². The van der Waals surface area contributed by atoms with Crippen molar-refractivity contribution in [3.63, 3.8) is 0 Å². The standard InChI is InChI=1S/C13H22N4O3S/c1-10-15-9-12(16-10)13(18)14-7-6-11-5-3-4-8-17(11)21(2,19)20/h9,11H,3-8H2,1-2H3,(H,14,18)(H,15,16)/t11-/m0/s1. The number of aryl methyl sites for hydroxylation is 1. The quantitative estimate of drug-likeness (QED) is 0.834. The number of carbonyl (C=O) groups excluding carboxylic acids is 1. The Hall–Kier alpha value is -1.41. The van der Waals surface area contributed by atoms with Crippen LogP contribution in [0.3, 0.4) is 0 Å². The van der Waals surface area contributed by atoms with Gasteiger partial charge in [0.25, 0.3) is 5.91 Å². The Morgan fingerprint density at radius 1 is 1.52 bits per heavy atom. The minimum atomic E-state index is -3.17. The number of amides is 1. The summed E-state index contributed by atoms with van der Waals surface area (Å²) in [6.07, 6.45) is 6.16. The molecule has 118 valence electrons. The molecule has 0 unspecified atom stereocenters. The number of H-pyrrole nitrogens is 1. The number of nitrogens with one attached hydrogen (secondary N) is 2. The molecule has 0 bridgehead atoms. The molecule has 2 rings (SSSR count). The van der Waals surface area contributed by atoms with Crippen molar-refractivity contribution in [3.8, 4) is 0 Å². The van der Waals surface area contributed by atoms with Crippen LogP contribution in [0.2, 0.25) is 0 Å². The largest absolute Gasteiger partial charge is 0.351 e. The molecule has 2 N–H and O–H groups in total. The molecule has 1 aliphatic heterocycles. The zero-order valence-electron chi connectivity index (χ0n) is 12.4. The maximum Gasteiger partial charge on any atom is 0.269 e. The highest BCUT2D eigenvalue weighted by Crippen LogP contribution is 2.21. The van der Waals surface area contributed by atoms with E-state index in [0.29, 0.717) is 31.0 Å². The van der Waals surface area contributed by atoms with Crippen LogP contribution in [0.1, 0.15) is 42.0 Å². The summed E-state index contributed by atoms with van der Waals surface area (Å²) in [4.78, 5) is 18.7. The predicted molar refractivity (Wildman–Crippen MR) is 79.5 cm³/mol. The van der Waals surface area contributed by atoms with E-state index >= 15 is 0 Å². The van der Waals surface area contributed by atoms with Crippen LogP contribution in [-0.2, 0) is 10.0 Å². The van der Waals surface area contributed by atoms with E-state index in [1.807, 2.05) is 0 Å². The Morgan fingerprint density at radius 2 is 2.29 bits per heavy atom. The number of imidazole rings is 1. The second-order valence-electron chi connectivity index (χ2n) is 5.45. The predicted octanol–water partition coefficient (Wildman–Crippen LogP) is 0.652. The van der Waals surface area contributed by atoms with E-state index in [4.69, 9.17) is 0 Å². The maximum atomic E-state index is 11.9. The number of carbonyl (C=O) groups is 1. The molecular weight excluding hydrogens is 292 g/mol. The molecule has 1 aromatic heterocycles. The Bertz CT molecular complexity index is 596. The molecule has 2 heterocycles. The molecule has 8 heteroatoms. The Kier molecular flexibility index (Phi) is 5.00. The van der Waals surface area contributed by atoms with E-state index in [1.54, 1.807) is 11.2 Å². The number of nitrogens with zero attached hydrogens (tertiary/aromatic N) is 2. The molecule has 1 saturated heterocycles. The average molecular weight is 314 g/mol. The summed E-state index contributed by atoms with van der Waals surface area (Å²) in [5.41, 5.74) is 0.427. The van der Waals surface area contributed by atoms with Gasteiger partial charge in [0.1, 0.15) is 11.5 Å². The van der Waals surface area contributed by atoms with Crippen LogP contribution in [0, 0.1) is 6.92 Å². The smallest absolute Gasteiger partial charge is 0.269 e. The van der Waals surface area contributed by atoms with E-state index in [1.165, 1.54) is 12.5 Å². The average Bonchev–Trinajstić information content (AvgIpc) is 2.85. The highest BCUT2D eigenvalue weighted by atomic mass is 32.2. The Balaban J connectivity index is 1.85. The normalized spacial score (nSPS) is 20.4. The highest BCUT2D eigenvalue weighted by molar-refractivity contribution is 7.88. The first-order chi connectivity index (χ1) is 9.88. The zero-order valence-corrected chi connectivity index (χ0v) is 13.2. The lowest BCUT2D eigenvalue weighted by atomic mass is 10.0. The van der Waals surface area contributed by atoms with Gasteiger partial charge in [-0.25, -0.2) is 13.4 Å². The summed E-state index contributed by atoms with van der Waals surface area (Å²) >= 11 is 0. The molecule has 0 saturated carbocycles. The fourth-order valence-electron chi connectivity index (χ4n) is 2.68. The minimum Gasteiger partial charge on any atom is -0.351 e. The SMILES string of the molecule is Cc1ncc(C(=O)NCC[C@@H]2CCCCN2S(C)(=O)=O)[nH]1. The third-order valence-corrected chi connectivity index (χ3v) is 5.04. The first-order valence-corrected chi connectivity index (χ1v) is 8.99. The molecule has 1 amide bonds. The van der Waals surface area contributed by atoms with Gasteiger partial charge in [0.2, 0.25) is 10.0 Å². The molecule has 1 aromatic rings. The second-order valence-corrected chi connectivity index (χ2v) is 7.39. The fourth-order valence-corrected chi connectivity index (χ4v) is 3.90. The van der Waals surface area contributed by atoms with Crippen molar-refractivity contribution >= 4 is 15.9 Å². The second kappa shape index (κ2) is 6.57. The molecular formula is C13H22N4O3S. The summed E-state index contributed by atoms with van der Waals surface area (Å²) in [7, 11) is -3.17. The van der Waals surface area contributed by atoms with Crippen molar-refractivity contribution in [1.29, 1.82) is 0 Å². The lowest BCUT2D eigenvalue weighted by molar-refractivity contribution is 0.0945. The molecule has 1 atom stereocenters. The third kappa shape index (κ3) is 4.28. The first kappa shape index (κ1) is 16.0. The monoisotopic (exact) mass is 314 g/mol. The summed E-state index contributed by atoms with van der Waals surface area (Å²) in [6.45, 7) is 2.81. The van der Waals surface area contributed by atoms with Crippen molar-refractivity contribution in [2.45, 2.75) is 38.6 Å². The lowest BCUT2D eigenvalue weighted by Crippen LogP contribution is -2.44. The first-order valence-electron chi connectivity index (χ1n) is 7.14. The number of sulfonamides is 1. The number of aromatic amines is 1. The van der Waals surface area contributed by atoms with Crippen molar-refractivity contribution in [2.75, 3.05) is 19.3 Å². The minimum absolute atomic E-state index is 0.0162. The number of hydrogen-bond acceptors (Lipinski definition) is 4. The number of piperidine rings is 1. The lowest BCUT2D eigenvalue weighted by Gasteiger charge is -2.33. The van der Waals surface area contributed by atoms with Gasteiger partial charge in [0.15, 0.2) is 0 Å². The third-order valence-electron chi connectivity index (χ3n) is 3.71. The topological polar surface area (TPSA) is 95.2 Å². The van der Waals surface area contributed by atoms with E-state index in [9.17, 15) is 13.2 Å². The van der Waals surface area contributed by atoms with Crippen LogP contribution >= 0.6 is 0 Å².